The van der Waals surface area contributed by atoms with Gasteiger partial charge in [0.1, 0.15) is 0 Å². The Kier molecular flexibility index (Phi) is 4.42. The van der Waals surface area contributed by atoms with Crippen LogP contribution in [0.25, 0.3) is 0 Å². The molecule has 0 unspecified atom stereocenters. The van der Waals surface area contributed by atoms with Gasteiger partial charge in [0.25, 0.3) is 0 Å². The second kappa shape index (κ2) is 5.60. The Morgan fingerprint density at radius 1 is 1.41 bits per heavy atom. The van der Waals surface area contributed by atoms with Crippen molar-refractivity contribution >= 4 is 16.0 Å². The molecule has 92 valence electrons. The van der Waals surface area contributed by atoms with Crippen molar-refractivity contribution in [1.82, 2.24) is 5.32 Å². The standard InChI is InChI=1S/C11H13NO4S/c1-2-11(13)12-10(8-17(14,15)16)9-6-4-3-5-7-9/h2-7,10H,1,8H2,(H,12,13)(H,14,15,16)/p-1/t10-/m1/s1. The Labute approximate surface area is 99.9 Å². The van der Waals surface area contributed by atoms with Gasteiger partial charge >= 0.3 is 0 Å². The molecule has 17 heavy (non-hydrogen) atoms. The van der Waals surface area contributed by atoms with Crippen molar-refractivity contribution in [3.05, 3.63) is 48.6 Å². The highest BCUT2D eigenvalue weighted by Crippen LogP contribution is 2.14. The maximum absolute atomic E-state index is 11.2. The molecule has 6 heteroatoms. The SMILES string of the molecule is C=CC(=O)N[C@H](CS(=O)(=O)[O-])c1ccccc1. The lowest BCUT2D eigenvalue weighted by molar-refractivity contribution is -0.117. The molecule has 0 spiro atoms. The zero-order chi connectivity index (χ0) is 12.9. The second-order valence-corrected chi connectivity index (χ2v) is 4.85. The normalized spacial score (nSPS) is 12.8. The van der Waals surface area contributed by atoms with Crippen LogP contribution in [0.4, 0.5) is 0 Å². The average molecular weight is 254 g/mol. The van der Waals surface area contributed by atoms with Crippen LogP contribution in [-0.4, -0.2) is 24.6 Å². The van der Waals surface area contributed by atoms with Gasteiger partial charge in [-0.05, 0) is 11.6 Å². The summed E-state index contributed by atoms with van der Waals surface area (Å²) in [5, 5.41) is 2.40. The fraction of sp³-hybridized carbons (Fsp3) is 0.182. The molecule has 0 aromatic heterocycles. The highest BCUT2D eigenvalue weighted by atomic mass is 32.2. The zero-order valence-corrected chi connectivity index (χ0v) is 9.81. The molecule has 0 bridgehead atoms. The minimum absolute atomic E-state index is 0.525. The molecule has 0 fully saturated rings. The maximum atomic E-state index is 11.2. The lowest BCUT2D eigenvalue weighted by Gasteiger charge is -2.20. The van der Waals surface area contributed by atoms with Gasteiger partial charge in [-0.1, -0.05) is 36.9 Å². The number of carbonyl (C=O) groups is 1. The molecule has 1 atom stereocenters. The number of hydrogen-bond acceptors (Lipinski definition) is 4. The third-order valence-electron chi connectivity index (χ3n) is 2.07. The fourth-order valence-electron chi connectivity index (χ4n) is 1.34. The molecular formula is C11H12NO4S-. The Balaban J connectivity index is 2.94. The molecule has 1 amide bonds. The van der Waals surface area contributed by atoms with E-state index in [1.165, 1.54) is 0 Å². The molecule has 0 saturated heterocycles. The molecule has 5 nitrogen and oxygen atoms in total. The average Bonchev–Trinajstić information content (AvgIpc) is 2.27. The van der Waals surface area contributed by atoms with E-state index in [4.69, 9.17) is 0 Å². The second-order valence-electron chi connectivity index (χ2n) is 3.40. The first-order valence-electron chi connectivity index (χ1n) is 4.84. The summed E-state index contributed by atoms with van der Waals surface area (Å²) >= 11 is 0. The minimum Gasteiger partial charge on any atom is -0.748 e. The van der Waals surface area contributed by atoms with Crippen LogP contribution in [0.15, 0.2) is 43.0 Å². The van der Waals surface area contributed by atoms with Crippen LogP contribution in [0.3, 0.4) is 0 Å². The summed E-state index contributed by atoms with van der Waals surface area (Å²) in [5.74, 6) is -1.21. The molecule has 0 radical (unpaired) electrons. The largest absolute Gasteiger partial charge is 0.748 e. The van der Waals surface area contributed by atoms with Gasteiger partial charge < -0.3 is 9.87 Å². The molecule has 0 saturated carbocycles. The van der Waals surface area contributed by atoms with Crippen molar-refractivity contribution in [3.63, 3.8) is 0 Å². The number of rotatable bonds is 5. The smallest absolute Gasteiger partial charge is 0.243 e. The number of nitrogens with one attached hydrogen (secondary N) is 1. The number of benzene rings is 1. The van der Waals surface area contributed by atoms with Gasteiger partial charge in [-0.15, -0.1) is 0 Å². The molecule has 0 heterocycles. The van der Waals surface area contributed by atoms with Crippen LogP contribution in [0.5, 0.6) is 0 Å². The van der Waals surface area contributed by atoms with E-state index in [1.54, 1.807) is 30.3 Å². The van der Waals surface area contributed by atoms with Gasteiger partial charge in [-0.2, -0.15) is 0 Å². The number of carbonyl (C=O) groups excluding carboxylic acids is 1. The van der Waals surface area contributed by atoms with E-state index in [0.717, 1.165) is 6.08 Å². The summed E-state index contributed by atoms with van der Waals surface area (Å²) in [6, 6.07) is 7.56. The Bertz CT molecular complexity index is 495. The monoisotopic (exact) mass is 254 g/mol. The van der Waals surface area contributed by atoms with Crippen molar-refractivity contribution in [2.75, 3.05) is 5.75 Å². The van der Waals surface area contributed by atoms with Crippen LogP contribution in [0.1, 0.15) is 11.6 Å². The molecule has 1 aromatic rings. The fourth-order valence-corrected chi connectivity index (χ4v) is 2.03. The van der Waals surface area contributed by atoms with Crippen molar-refractivity contribution in [3.8, 4) is 0 Å². The highest BCUT2D eigenvalue weighted by Gasteiger charge is 2.15. The molecule has 0 aliphatic heterocycles. The van der Waals surface area contributed by atoms with Crippen LogP contribution in [0.2, 0.25) is 0 Å². The molecule has 0 aliphatic rings. The van der Waals surface area contributed by atoms with Crippen molar-refractivity contribution in [2.24, 2.45) is 0 Å². The van der Waals surface area contributed by atoms with E-state index in [2.05, 4.69) is 11.9 Å². The molecule has 0 aliphatic carbocycles. The van der Waals surface area contributed by atoms with E-state index in [9.17, 15) is 17.8 Å². The van der Waals surface area contributed by atoms with Crippen molar-refractivity contribution in [1.29, 1.82) is 0 Å². The first kappa shape index (κ1) is 13.4. The Morgan fingerprint density at radius 3 is 2.47 bits per heavy atom. The lowest BCUT2D eigenvalue weighted by Crippen LogP contribution is -2.31. The van der Waals surface area contributed by atoms with Gasteiger partial charge in [-0.3, -0.25) is 4.79 Å². The Morgan fingerprint density at radius 2 is 2.00 bits per heavy atom. The minimum atomic E-state index is -4.42. The van der Waals surface area contributed by atoms with Gasteiger partial charge in [0.05, 0.1) is 21.9 Å². The molecule has 1 rings (SSSR count). The van der Waals surface area contributed by atoms with Gasteiger partial charge in [0.2, 0.25) is 5.91 Å². The first-order chi connectivity index (χ1) is 7.92. The number of amides is 1. The van der Waals surface area contributed by atoms with Crippen LogP contribution < -0.4 is 5.32 Å². The quantitative estimate of drug-likeness (QED) is 0.615. The topological polar surface area (TPSA) is 86.3 Å². The summed E-state index contributed by atoms with van der Waals surface area (Å²) in [5.41, 5.74) is 0.558. The first-order valence-corrected chi connectivity index (χ1v) is 6.41. The summed E-state index contributed by atoms with van der Waals surface area (Å²) in [7, 11) is -4.42. The number of hydrogen-bond donors (Lipinski definition) is 1. The predicted octanol–water partition coefficient (Wildman–Crippen LogP) is 0.575. The van der Waals surface area contributed by atoms with E-state index >= 15 is 0 Å². The van der Waals surface area contributed by atoms with Crippen LogP contribution in [-0.2, 0) is 14.9 Å². The third-order valence-corrected chi connectivity index (χ3v) is 2.82. The van der Waals surface area contributed by atoms with E-state index in [-0.39, 0.29) is 0 Å². The van der Waals surface area contributed by atoms with E-state index in [0.29, 0.717) is 5.56 Å². The van der Waals surface area contributed by atoms with Crippen molar-refractivity contribution in [2.45, 2.75) is 6.04 Å². The zero-order valence-electron chi connectivity index (χ0n) is 9.00. The van der Waals surface area contributed by atoms with Crippen LogP contribution >= 0.6 is 0 Å². The molecular weight excluding hydrogens is 242 g/mol. The summed E-state index contributed by atoms with van der Waals surface area (Å²) in [6.07, 6.45) is 1.02. The third kappa shape index (κ3) is 4.80. The Hall–Kier alpha value is -1.66. The summed E-state index contributed by atoms with van der Waals surface area (Å²) in [6.45, 7) is 3.26. The molecule has 1 aromatic carbocycles. The maximum Gasteiger partial charge on any atom is 0.243 e. The summed E-state index contributed by atoms with van der Waals surface area (Å²) in [4.78, 5) is 11.2. The van der Waals surface area contributed by atoms with Gasteiger partial charge in [0, 0.05) is 0 Å². The highest BCUT2D eigenvalue weighted by molar-refractivity contribution is 7.85. The van der Waals surface area contributed by atoms with E-state index in [1.807, 2.05) is 0 Å². The van der Waals surface area contributed by atoms with E-state index < -0.39 is 27.8 Å². The van der Waals surface area contributed by atoms with Crippen molar-refractivity contribution < 1.29 is 17.8 Å². The summed E-state index contributed by atoms with van der Waals surface area (Å²) < 4.78 is 32.3. The van der Waals surface area contributed by atoms with Gasteiger partial charge in [0.15, 0.2) is 0 Å². The predicted molar refractivity (Wildman–Crippen MR) is 62.1 cm³/mol. The molecule has 1 N–H and O–H groups in total. The lowest BCUT2D eigenvalue weighted by atomic mass is 10.1. The van der Waals surface area contributed by atoms with Gasteiger partial charge in [-0.25, -0.2) is 8.42 Å². The van der Waals surface area contributed by atoms with Crippen LogP contribution in [0, 0.1) is 0 Å².